The largest absolute Gasteiger partial charge is 0.545 e. The Morgan fingerprint density at radius 1 is 1.11 bits per heavy atom. The van der Waals surface area contributed by atoms with Gasteiger partial charge in [-0.25, -0.2) is 0 Å². The monoisotopic (exact) mass is 385 g/mol. The molecule has 2 rings (SSSR count). The average molecular weight is 385 g/mol. The number of hydrogen-bond donors (Lipinski definition) is 2. The number of carboxylic acids is 1. The van der Waals surface area contributed by atoms with Crippen LogP contribution in [-0.2, 0) is 0 Å². The van der Waals surface area contributed by atoms with Crippen LogP contribution in [0, 0.1) is 6.92 Å². The molecule has 0 aliphatic rings. The van der Waals surface area contributed by atoms with Crippen molar-refractivity contribution in [3.05, 3.63) is 59.2 Å². The van der Waals surface area contributed by atoms with E-state index in [4.69, 9.17) is 17.0 Å². The Bertz CT molecular complexity index is 834. The molecule has 2 N–H and O–H groups in total. The van der Waals surface area contributed by atoms with Gasteiger partial charge in [0.2, 0.25) is 0 Å². The second-order valence-electron chi connectivity index (χ2n) is 5.95. The second kappa shape index (κ2) is 9.68. The number of amides is 1. The highest BCUT2D eigenvalue weighted by atomic mass is 32.1. The highest BCUT2D eigenvalue weighted by Gasteiger charge is 2.10. The predicted octanol–water partition coefficient (Wildman–Crippen LogP) is 2.66. The number of unbranched alkanes of at least 4 members (excludes halogenated alkanes) is 1. The number of aromatic carboxylic acids is 1. The van der Waals surface area contributed by atoms with Gasteiger partial charge in [0.05, 0.1) is 12.6 Å². The van der Waals surface area contributed by atoms with Crippen molar-refractivity contribution >= 4 is 34.9 Å². The molecular formula is C20H21N2O4S-. The van der Waals surface area contributed by atoms with Gasteiger partial charge in [0.1, 0.15) is 5.75 Å². The lowest BCUT2D eigenvalue weighted by molar-refractivity contribution is -0.255. The molecule has 6 nitrogen and oxygen atoms in total. The number of benzene rings is 2. The van der Waals surface area contributed by atoms with Gasteiger partial charge >= 0.3 is 0 Å². The zero-order valence-electron chi connectivity index (χ0n) is 15.2. The smallest absolute Gasteiger partial charge is 0.257 e. The molecule has 0 saturated heterocycles. The van der Waals surface area contributed by atoms with Gasteiger partial charge in [-0.3, -0.25) is 10.1 Å². The molecule has 0 atom stereocenters. The van der Waals surface area contributed by atoms with E-state index >= 15 is 0 Å². The van der Waals surface area contributed by atoms with Crippen molar-refractivity contribution < 1.29 is 19.4 Å². The molecule has 142 valence electrons. The summed E-state index contributed by atoms with van der Waals surface area (Å²) in [5, 5.41) is 16.4. The summed E-state index contributed by atoms with van der Waals surface area (Å²) < 4.78 is 5.56. The van der Waals surface area contributed by atoms with E-state index in [2.05, 4.69) is 17.6 Å². The second-order valence-corrected chi connectivity index (χ2v) is 6.36. The molecule has 0 unspecified atom stereocenters. The molecule has 0 fully saturated rings. The lowest BCUT2D eigenvalue weighted by Gasteiger charge is -2.14. The highest BCUT2D eigenvalue weighted by Crippen LogP contribution is 2.17. The van der Waals surface area contributed by atoms with E-state index in [9.17, 15) is 14.7 Å². The van der Waals surface area contributed by atoms with Crippen molar-refractivity contribution in [1.29, 1.82) is 0 Å². The number of carboxylic acid groups (broad SMARTS) is 1. The minimum atomic E-state index is -1.28. The van der Waals surface area contributed by atoms with Gasteiger partial charge < -0.3 is 20.0 Å². The van der Waals surface area contributed by atoms with Gasteiger partial charge in [0.15, 0.2) is 5.11 Å². The summed E-state index contributed by atoms with van der Waals surface area (Å²) in [5.74, 6) is -0.953. The van der Waals surface area contributed by atoms with Crippen LogP contribution in [0.2, 0.25) is 0 Å². The third-order valence-corrected chi connectivity index (χ3v) is 4.04. The van der Waals surface area contributed by atoms with Gasteiger partial charge in [-0.15, -0.1) is 0 Å². The normalized spacial score (nSPS) is 10.1. The number of thiocarbonyl (C=S) groups is 1. The molecule has 27 heavy (non-hydrogen) atoms. The fraction of sp³-hybridized carbons (Fsp3) is 0.250. The lowest BCUT2D eigenvalue weighted by atomic mass is 10.1. The minimum Gasteiger partial charge on any atom is -0.545 e. The molecule has 0 aliphatic carbocycles. The van der Waals surface area contributed by atoms with E-state index in [1.807, 2.05) is 0 Å². The third kappa shape index (κ3) is 6.07. The molecule has 2 aromatic carbocycles. The molecule has 0 bridgehead atoms. The summed E-state index contributed by atoms with van der Waals surface area (Å²) in [6.07, 6.45) is 2.02. The Kier molecular flexibility index (Phi) is 7.31. The Morgan fingerprint density at radius 2 is 1.78 bits per heavy atom. The van der Waals surface area contributed by atoms with E-state index < -0.39 is 5.97 Å². The summed E-state index contributed by atoms with van der Waals surface area (Å²) in [6, 6.07) is 11.3. The van der Waals surface area contributed by atoms with Gasteiger partial charge in [0, 0.05) is 11.3 Å². The summed E-state index contributed by atoms with van der Waals surface area (Å²) in [4.78, 5) is 23.3. The van der Waals surface area contributed by atoms with Gasteiger partial charge in [-0.1, -0.05) is 25.5 Å². The molecule has 0 heterocycles. The maximum Gasteiger partial charge on any atom is 0.257 e. The SMILES string of the molecule is CCCCOc1ccc(C(=O)NC(=S)Nc2cc(C(=O)[O-])ccc2C)cc1. The molecule has 0 aromatic heterocycles. The standard InChI is InChI=1S/C20H22N2O4S/c1-3-4-11-26-16-9-7-14(8-10-16)18(23)22-20(27)21-17-12-15(19(24)25)6-5-13(17)2/h5-10,12H,3-4,11H2,1-2H3,(H,24,25)(H2,21,22,23,27)/p-1. The Labute approximate surface area is 163 Å². The lowest BCUT2D eigenvalue weighted by Crippen LogP contribution is -2.34. The molecule has 7 heteroatoms. The van der Waals surface area contributed by atoms with Gasteiger partial charge in [-0.05, 0) is 67.0 Å². The van der Waals surface area contributed by atoms with Crippen LogP contribution in [0.5, 0.6) is 5.75 Å². The molecule has 0 aliphatic heterocycles. The van der Waals surface area contributed by atoms with Crippen molar-refractivity contribution in [1.82, 2.24) is 5.32 Å². The summed E-state index contributed by atoms with van der Waals surface area (Å²) >= 11 is 5.15. The fourth-order valence-corrected chi connectivity index (χ4v) is 2.45. The number of aryl methyl sites for hydroxylation is 1. The first-order chi connectivity index (χ1) is 12.9. The van der Waals surface area contributed by atoms with Crippen molar-refractivity contribution in [2.75, 3.05) is 11.9 Å². The first-order valence-corrected chi connectivity index (χ1v) is 8.98. The Hall–Kier alpha value is -2.93. The first-order valence-electron chi connectivity index (χ1n) is 8.58. The highest BCUT2D eigenvalue weighted by molar-refractivity contribution is 7.80. The van der Waals surface area contributed by atoms with Crippen molar-refractivity contribution in [2.24, 2.45) is 0 Å². The average Bonchev–Trinajstić information content (AvgIpc) is 2.64. The van der Waals surface area contributed by atoms with E-state index in [-0.39, 0.29) is 16.6 Å². The Balaban J connectivity index is 1.96. The summed E-state index contributed by atoms with van der Waals surface area (Å²) in [7, 11) is 0. The molecule has 0 radical (unpaired) electrons. The van der Waals surface area contributed by atoms with Crippen molar-refractivity contribution in [3.8, 4) is 5.75 Å². The summed E-state index contributed by atoms with van der Waals surface area (Å²) in [6.45, 7) is 4.52. The maximum absolute atomic E-state index is 12.3. The number of nitrogens with one attached hydrogen (secondary N) is 2. The third-order valence-electron chi connectivity index (χ3n) is 3.83. The maximum atomic E-state index is 12.3. The number of rotatable bonds is 7. The van der Waals surface area contributed by atoms with E-state index in [1.165, 1.54) is 12.1 Å². The van der Waals surface area contributed by atoms with E-state index in [0.717, 1.165) is 18.4 Å². The first kappa shape index (κ1) is 20.4. The predicted molar refractivity (Wildman–Crippen MR) is 106 cm³/mol. The number of carbonyl (C=O) groups is 2. The number of carbonyl (C=O) groups excluding carboxylic acids is 2. The van der Waals surface area contributed by atoms with Crippen molar-refractivity contribution in [3.63, 3.8) is 0 Å². The molecule has 1 amide bonds. The number of ether oxygens (including phenoxy) is 1. The van der Waals surface area contributed by atoms with E-state index in [0.29, 0.717) is 23.6 Å². The van der Waals surface area contributed by atoms with Gasteiger partial charge in [-0.2, -0.15) is 0 Å². The topological polar surface area (TPSA) is 90.5 Å². The zero-order valence-corrected chi connectivity index (χ0v) is 16.0. The molecular weight excluding hydrogens is 364 g/mol. The molecule has 2 aromatic rings. The van der Waals surface area contributed by atoms with Crippen LogP contribution in [-0.4, -0.2) is 23.6 Å². The minimum absolute atomic E-state index is 0.0240. The number of hydrogen-bond acceptors (Lipinski definition) is 5. The van der Waals surface area contributed by atoms with Crippen LogP contribution in [0.3, 0.4) is 0 Å². The van der Waals surface area contributed by atoms with Crippen LogP contribution < -0.4 is 20.5 Å². The van der Waals surface area contributed by atoms with Crippen molar-refractivity contribution in [2.45, 2.75) is 26.7 Å². The number of anilines is 1. The van der Waals surface area contributed by atoms with Crippen LogP contribution in [0.15, 0.2) is 42.5 Å². The molecule has 0 spiro atoms. The summed E-state index contributed by atoms with van der Waals surface area (Å²) in [5.41, 5.74) is 1.73. The van der Waals surface area contributed by atoms with Gasteiger partial charge in [0.25, 0.3) is 5.91 Å². The van der Waals surface area contributed by atoms with Crippen LogP contribution in [0.25, 0.3) is 0 Å². The van der Waals surface area contributed by atoms with Crippen LogP contribution in [0.4, 0.5) is 5.69 Å². The van der Waals surface area contributed by atoms with E-state index in [1.54, 1.807) is 37.3 Å². The quantitative estimate of drug-likeness (QED) is 0.563. The Morgan fingerprint density at radius 3 is 2.41 bits per heavy atom. The van der Waals surface area contributed by atoms with Crippen LogP contribution >= 0.6 is 12.2 Å². The van der Waals surface area contributed by atoms with Crippen LogP contribution in [0.1, 0.15) is 46.0 Å². The zero-order chi connectivity index (χ0) is 19.8. The molecule has 0 saturated carbocycles. The fourth-order valence-electron chi connectivity index (χ4n) is 2.25.